The first-order chi connectivity index (χ1) is 26.5. The highest BCUT2D eigenvalue weighted by Crippen LogP contribution is 2.58. The summed E-state index contributed by atoms with van der Waals surface area (Å²) in [7, 11) is 4.12. The second-order valence-electron chi connectivity index (χ2n) is 14.5. The highest BCUT2D eigenvalue weighted by atomic mass is 16.7. The van der Waals surface area contributed by atoms with Crippen LogP contribution in [-0.4, -0.2) is 47.1 Å². The SMILES string of the molecule is CN1c2c(ccc3cc4c(cc23)OCO4)-c2ccc3c(c2C1CC(=O)C[C@H]1c2c(ccc4c2OCO4)-c2ccc4cc5c(cc4c2N1C)OCO5)OCO3. The van der Waals surface area contributed by atoms with E-state index in [1.54, 1.807) is 0 Å². The van der Waals surface area contributed by atoms with Gasteiger partial charge in [0.25, 0.3) is 0 Å². The molecule has 0 aliphatic carbocycles. The lowest BCUT2D eigenvalue weighted by molar-refractivity contribution is -0.119. The fourth-order valence-corrected chi connectivity index (χ4v) is 9.40. The molecule has 6 aliphatic rings. The fourth-order valence-electron chi connectivity index (χ4n) is 9.40. The Morgan fingerprint density at radius 3 is 1.35 bits per heavy atom. The Hall–Kier alpha value is -6.49. The molecule has 6 aliphatic heterocycles. The minimum absolute atomic E-state index is 0.0938. The molecule has 2 atom stereocenters. The minimum Gasteiger partial charge on any atom is -0.454 e. The van der Waals surface area contributed by atoms with Crippen molar-refractivity contribution in [1.82, 2.24) is 0 Å². The number of benzene rings is 6. The van der Waals surface area contributed by atoms with Gasteiger partial charge in [0, 0.05) is 60.0 Å². The molecule has 0 saturated carbocycles. The highest BCUT2D eigenvalue weighted by molar-refractivity contribution is 6.08. The van der Waals surface area contributed by atoms with Crippen molar-refractivity contribution in [2.75, 3.05) is 51.1 Å². The van der Waals surface area contributed by atoms with Gasteiger partial charge in [0.1, 0.15) is 5.78 Å². The van der Waals surface area contributed by atoms with Crippen LogP contribution in [0.4, 0.5) is 11.4 Å². The van der Waals surface area contributed by atoms with Crippen molar-refractivity contribution in [2.24, 2.45) is 0 Å². The van der Waals surface area contributed by atoms with E-state index in [0.717, 1.165) is 77.8 Å². The molecule has 6 heterocycles. The van der Waals surface area contributed by atoms with E-state index in [1.807, 2.05) is 24.3 Å². The highest BCUT2D eigenvalue weighted by Gasteiger charge is 2.41. The van der Waals surface area contributed by atoms with Crippen molar-refractivity contribution >= 4 is 38.7 Å². The third kappa shape index (κ3) is 4.03. The van der Waals surface area contributed by atoms with E-state index in [0.29, 0.717) is 34.5 Å². The van der Waals surface area contributed by atoms with Crippen LogP contribution in [-0.2, 0) is 4.79 Å². The predicted molar refractivity (Wildman–Crippen MR) is 200 cm³/mol. The molecule has 0 spiro atoms. The van der Waals surface area contributed by atoms with Gasteiger partial charge in [0.2, 0.25) is 27.2 Å². The smallest absolute Gasteiger partial charge is 0.231 e. The summed E-state index contributed by atoms with van der Waals surface area (Å²) in [6.45, 7) is 0.650. The Kier molecular flexibility index (Phi) is 6.00. The number of rotatable bonds is 4. The summed E-state index contributed by atoms with van der Waals surface area (Å²) in [4.78, 5) is 19.3. The summed E-state index contributed by atoms with van der Waals surface area (Å²) >= 11 is 0. The predicted octanol–water partition coefficient (Wildman–Crippen LogP) is 8.27. The van der Waals surface area contributed by atoms with E-state index in [4.69, 9.17) is 37.9 Å². The second kappa shape index (κ2) is 10.8. The van der Waals surface area contributed by atoms with E-state index in [2.05, 4.69) is 72.4 Å². The quantitative estimate of drug-likeness (QED) is 0.176. The maximum atomic E-state index is 14.9. The molecule has 0 fully saturated rings. The molecule has 1 unspecified atom stereocenters. The van der Waals surface area contributed by atoms with Crippen LogP contribution >= 0.6 is 0 Å². The monoisotopic (exact) mass is 720 g/mol. The van der Waals surface area contributed by atoms with Crippen LogP contribution < -0.4 is 47.7 Å². The van der Waals surface area contributed by atoms with E-state index >= 15 is 0 Å². The first-order valence-electron chi connectivity index (χ1n) is 18.1. The topological polar surface area (TPSA) is 97.4 Å². The van der Waals surface area contributed by atoms with Crippen molar-refractivity contribution < 1.29 is 42.7 Å². The first-order valence-corrected chi connectivity index (χ1v) is 18.1. The maximum absolute atomic E-state index is 14.9. The van der Waals surface area contributed by atoms with E-state index in [1.165, 1.54) is 0 Å². The molecule has 11 heteroatoms. The molecular weight excluding hydrogens is 688 g/mol. The maximum Gasteiger partial charge on any atom is 0.231 e. The zero-order valence-electron chi connectivity index (χ0n) is 29.4. The number of fused-ring (bicyclic) bond motifs is 16. The lowest BCUT2D eigenvalue weighted by atomic mass is 9.81. The summed E-state index contributed by atoms with van der Waals surface area (Å²) in [5.74, 6) is 5.73. The van der Waals surface area contributed by atoms with Gasteiger partial charge in [-0.15, -0.1) is 0 Å². The van der Waals surface area contributed by atoms with Gasteiger partial charge < -0.3 is 47.7 Å². The Morgan fingerprint density at radius 2 is 0.889 bits per heavy atom. The number of anilines is 2. The molecule has 11 nitrogen and oxygen atoms in total. The average Bonchev–Trinajstić information content (AvgIpc) is 4.02. The number of carbonyl (C=O) groups excluding carboxylic acids is 1. The van der Waals surface area contributed by atoms with E-state index in [9.17, 15) is 4.79 Å². The first kappa shape index (κ1) is 30.0. The van der Waals surface area contributed by atoms with Gasteiger partial charge in [0.15, 0.2) is 46.0 Å². The molecule has 0 N–H and O–H groups in total. The van der Waals surface area contributed by atoms with E-state index in [-0.39, 0.29) is 57.9 Å². The fraction of sp³-hybridized carbons (Fsp3) is 0.233. The van der Waals surface area contributed by atoms with Crippen LogP contribution in [0.15, 0.2) is 72.8 Å². The van der Waals surface area contributed by atoms with Crippen LogP contribution in [0.3, 0.4) is 0 Å². The second-order valence-corrected chi connectivity index (χ2v) is 14.5. The molecule has 12 rings (SSSR count). The molecule has 54 heavy (non-hydrogen) atoms. The van der Waals surface area contributed by atoms with Crippen molar-refractivity contribution in [1.29, 1.82) is 0 Å². The lowest BCUT2D eigenvalue weighted by Gasteiger charge is -2.40. The van der Waals surface area contributed by atoms with Gasteiger partial charge in [-0.2, -0.15) is 0 Å². The Morgan fingerprint density at radius 1 is 0.500 bits per heavy atom. The zero-order chi connectivity index (χ0) is 35.8. The van der Waals surface area contributed by atoms with Gasteiger partial charge in [0.05, 0.1) is 23.5 Å². The zero-order valence-corrected chi connectivity index (χ0v) is 29.4. The number of ketones is 1. The molecule has 0 bridgehead atoms. The summed E-state index contributed by atoms with van der Waals surface area (Å²) in [5, 5.41) is 4.12. The number of Topliss-reactive ketones (excluding diaryl/α,β-unsaturated/α-hetero) is 1. The van der Waals surface area contributed by atoms with Gasteiger partial charge in [-0.25, -0.2) is 0 Å². The molecule has 0 amide bonds. The Labute approximate surface area is 309 Å². The lowest BCUT2D eigenvalue weighted by Crippen LogP contribution is -2.33. The summed E-state index contributed by atoms with van der Waals surface area (Å²) in [5.41, 5.74) is 8.11. The molecule has 268 valence electrons. The van der Waals surface area contributed by atoms with Crippen LogP contribution in [0.25, 0.3) is 43.8 Å². The van der Waals surface area contributed by atoms with Crippen LogP contribution in [0.1, 0.15) is 36.1 Å². The average molecular weight is 721 g/mol. The molecule has 0 saturated heterocycles. The molecule has 6 aromatic rings. The summed E-state index contributed by atoms with van der Waals surface area (Å²) in [6.07, 6.45) is 0.466. The number of hydrogen-bond donors (Lipinski definition) is 0. The van der Waals surface area contributed by atoms with Gasteiger partial charge in [-0.1, -0.05) is 24.3 Å². The number of ether oxygens (including phenoxy) is 8. The molecule has 6 aromatic carbocycles. The van der Waals surface area contributed by atoms with Crippen molar-refractivity contribution in [3.8, 4) is 68.2 Å². The Bertz CT molecular complexity index is 2490. The standard InChI is InChI=1S/C43H32N2O9/c1-44-30(38-24(7-9-32-42(38)53-19-47-32)26-5-3-21-11-34-36(51-17-49-34)15-28(21)40(26)44)13-23(46)14-31-39-25(8-10-33-43(39)54-20-48-33)27-6-4-22-12-35-37(52-18-50-35)16-29(22)41(27)45(31)2/h3-12,15-16,30-31H,13-14,17-20H2,1-2H3/t30-,31?/m0/s1. The van der Waals surface area contributed by atoms with Crippen LogP contribution in [0.2, 0.25) is 0 Å². The summed E-state index contributed by atoms with van der Waals surface area (Å²) in [6, 6.07) is 24.1. The summed E-state index contributed by atoms with van der Waals surface area (Å²) < 4.78 is 47.1. The van der Waals surface area contributed by atoms with Crippen molar-refractivity contribution in [3.05, 3.63) is 83.9 Å². The van der Waals surface area contributed by atoms with Gasteiger partial charge in [-0.3, -0.25) is 4.79 Å². The number of hydrogen-bond acceptors (Lipinski definition) is 11. The van der Waals surface area contributed by atoms with Crippen molar-refractivity contribution in [2.45, 2.75) is 24.9 Å². The van der Waals surface area contributed by atoms with E-state index < -0.39 is 0 Å². The van der Waals surface area contributed by atoms with Crippen LogP contribution in [0, 0.1) is 0 Å². The van der Waals surface area contributed by atoms with Crippen LogP contribution in [0.5, 0.6) is 46.0 Å². The molecule has 0 aromatic heterocycles. The van der Waals surface area contributed by atoms with Crippen molar-refractivity contribution in [3.63, 3.8) is 0 Å². The largest absolute Gasteiger partial charge is 0.454 e. The molecular formula is C43H32N2O9. The number of nitrogens with zero attached hydrogens (tertiary/aromatic N) is 2. The van der Waals surface area contributed by atoms with Gasteiger partial charge in [-0.05, 0) is 70.4 Å². The normalized spacial score (nSPS) is 18.9. The molecule has 0 radical (unpaired) electrons. The Balaban J connectivity index is 0.974. The number of carbonyl (C=O) groups is 1. The third-order valence-corrected chi connectivity index (χ3v) is 11.9. The minimum atomic E-state index is -0.338. The third-order valence-electron chi connectivity index (χ3n) is 11.9. The van der Waals surface area contributed by atoms with Gasteiger partial charge >= 0.3 is 0 Å².